The van der Waals surface area contributed by atoms with Crippen molar-refractivity contribution in [2.45, 2.75) is 56.3 Å². The number of nitrogens with one attached hydrogen (secondary N) is 1. The Morgan fingerprint density at radius 3 is 2.53 bits per heavy atom. The van der Waals surface area contributed by atoms with Crippen molar-refractivity contribution in [3.8, 4) is 11.5 Å². The Balaban J connectivity index is 1.41. The zero-order valence-electron chi connectivity index (χ0n) is 16.6. The highest BCUT2D eigenvalue weighted by atomic mass is 16.7. The zero-order chi connectivity index (χ0) is 21.4. The number of phenols is 1. The topological polar surface area (TPSA) is 138 Å². The average molecular weight is 421 g/mol. The number of hydrogen-bond donors (Lipinski definition) is 5. The molecule has 2 saturated carbocycles. The van der Waals surface area contributed by atoms with Crippen LogP contribution >= 0.6 is 0 Å². The molecule has 164 valence electrons. The first-order valence-electron chi connectivity index (χ1n) is 10.1. The van der Waals surface area contributed by atoms with Crippen molar-refractivity contribution in [3.05, 3.63) is 29.3 Å². The molecule has 1 aromatic rings. The molecule has 1 aliphatic heterocycles. The van der Waals surface area contributed by atoms with Crippen LogP contribution in [0.5, 0.6) is 11.5 Å². The fourth-order valence-corrected chi connectivity index (χ4v) is 3.77. The normalized spacial score (nSPS) is 33.8. The highest BCUT2D eigenvalue weighted by molar-refractivity contribution is 5.97. The van der Waals surface area contributed by atoms with Gasteiger partial charge >= 0.3 is 0 Å². The summed E-state index contributed by atoms with van der Waals surface area (Å²) in [6.07, 6.45) is -1.76. The van der Waals surface area contributed by atoms with E-state index < -0.39 is 42.5 Å². The summed E-state index contributed by atoms with van der Waals surface area (Å²) < 4.78 is 16.0. The molecule has 2 aliphatic carbocycles. The Morgan fingerprint density at radius 2 is 1.87 bits per heavy atom. The minimum absolute atomic E-state index is 0.0109. The molecule has 4 rings (SSSR count). The molecule has 0 radical (unpaired) electrons. The molecule has 0 unspecified atom stereocenters. The van der Waals surface area contributed by atoms with E-state index in [1.54, 1.807) is 25.1 Å². The minimum Gasteiger partial charge on any atom is -0.504 e. The fourth-order valence-electron chi connectivity index (χ4n) is 3.77. The summed E-state index contributed by atoms with van der Waals surface area (Å²) >= 11 is 0. The highest BCUT2D eigenvalue weighted by Gasteiger charge is 2.53. The first-order valence-corrected chi connectivity index (χ1v) is 10.1. The predicted octanol–water partition coefficient (Wildman–Crippen LogP) is -0.0931. The lowest BCUT2D eigenvalue weighted by atomic mass is 9.83. The second kappa shape index (κ2) is 8.52. The molecule has 5 N–H and O–H groups in total. The van der Waals surface area contributed by atoms with E-state index in [4.69, 9.17) is 14.2 Å². The van der Waals surface area contributed by atoms with Gasteiger partial charge < -0.3 is 40.0 Å². The van der Waals surface area contributed by atoms with Gasteiger partial charge in [0.15, 0.2) is 11.5 Å². The average Bonchev–Trinajstić information content (AvgIpc) is 3.41. The van der Waals surface area contributed by atoms with E-state index in [0.29, 0.717) is 29.4 Å². The number of ether oxygens (including phenoxy) is 3. The van der Waals surface area contributed by atoms with Gasteiger partial charge in [0.05, 0.1) is 12.6 Å². The van der Waals surface area contributed by atoms with Crippen molar-refractivity contribution in [3.63, 3.8) is 0 Å². The van der Waals surface area contributed by atoms with Crippen LogP contribution in [0.25, 0.3) is 6.08 Å². The van der Waals surface area contributed by atoms with Crippen LogP contribution in [-0.4, -0.2) is 76.3 Å². The summed E-state index contributed by atoms with van der Waals surface area (Å²) in [5, 5.41) is 43.7. The molecular formula is C21H27NO8. The molecule has 3 fully saturated rings. The monoisotopic (exact) mass is 421 g/mol. The molecule has 3 aliphatic rings. The largest absolute Gasteiger partial charge is 0.504 e. The minimum atomic E-state index is -1.41. The lowest BCUT2D eigenvalue weighted by Crippen LogP contribution is -2.67. The number of rotatable bonds is 6. The van der Waals surface area contributed by atoms with Gasteiger partial charge in [-0.1, -0.05) is 6.07 Å². The van der Waals surface area contributed by atoms with E-state index in [0.717, 1.165) is 12.8 Å². The molecule has 0 spiro atoms. The Morgan fingerprint density at radius 1 is 1.17 bits per heavy atom. The predicted molar refractivity (Wildman–Crippen MR) is 105 cm³/mol. The van der Waals surface area contributed by atoms with E-state index in [2.05, 4.69) is 5.32 Å². The van der Waals surface area contributed by atoms with E-state index in [-0.39, 0.29) is 12.5 Å². The van der Waals surface area contributed by atoms with Crippen LogP contribution in [-0.2, 0) is 14.3 Å². The fraction of sp³-hybridized carbons (Fsp3) is 0.571. The third-order valence-electron chi connectivity index (χ3n) is 5.80. The lowest BCUT2D eigenvalue weighted by Gasteiger charge is -2.41. The first-order chi connectivity index (χ1) is 14.3. The molecule has 9 heteroatoms. The summed E-state index contributed by atoms with van der Waals surface area (Å²) in [6.45, 7) is 2.05. The van der Waals surface area contributed by atoms with Gasteiger partial charge in [0.1, 0.15) is 37.3 Å². The summed E-state index contributed by atoms with van der Waals surface area (Å²) in [6, 6.07) is 3.75. The van der Waals surface area contributed by atoms with Crippen LogP contribution in [0, 0.1) is 5.92 Å². The third kappa shape index (κ3) is 4.30. The number of carbonyl (C=O) groups is 1. The maximum Gasteiger partial charge on any atom is 0.247 e. The van der Waals surface area contributed by atoms with Crippen LogP contribution in [0.2, 0.25) is 0 Å². The lowest BCUT2D eigenvalue weighted by molar-refractivity contribution is -0.155. The van der Waals surface area contributed by atoms with Crippen LogP contribution in [0.1, 0.15) is 25.3 Å². The molecule has 1 heterocycles. The second-order valence-electron chi connectivity index (χ2n) is 8.16. The maximum atomic E-state index is 12.6. The van der Waals surface area contributed by atoms with Gasteiger partial charge in [-0.25, -0.2) is 0 Å². The van der Waals surface area contributed by atoms with Crippen LogP contribution in [0.15, 0.2) is 23.8 Å². The Labute approximate surface area is 173 Å². The zero-order valence-corrected chi connectivity index (χ0v) is 16.6. The molecule has 9 nitrogen and oxygen atoms in total. The first kappa shape index (κ1) is 21.1. The second-order valence-corrected chi connectivity index (χ2v) is 8.16. The van der Waals surface area contributed by atoms with Crippen molar-refractivity contribution >= 4 is 12.0 Å². The Bertz CT molecular complexity index is 823. The summed E-state index contributed by atoms with van der Waals surface area (Å²) in [5.41, 5.74) is 0.886. The molecule has 1 amide bonds. The summed E-state index contributed by atoms with van der Waals surface area (Å²) in [4.78, 5) is 12.6. The summed E-state index contributed by atoms with van der Waals surface area (Å²) in [7, 11) is 0. The van der Waals surface area contributed by atoms with Gasteiger partial charge in [-0.15, -0.1) is 0 Å². The van der Waals surface area contributed by atoms with Crippen molar-refractivity contribution in [2.75, 3.05) is 13.4 Å². The molecule has 0 bridgehead atoms. The van der Waals surface area contributed by atoms with Crippen molar-refractivity contribution in [1.82, 2.24) is 5.32 Å². The van der Waals surface area contributed by atoms with Crippen LogP contribution in [0.4, 0.5) is 0 Å². The highest BCUT2D eigenvalue weighted by Crippen LogP contribution is 2.33. The molecule has 0 aromatic heterocycles. The van der Waals surface area contributed by atoms with Crippen LogP contribution < -0.4 is 10.1 Å². The number of aliphatic hydroxyl groups is 3. The van der Waals surface area contributed by atoms with Crippen LogP contribution in [0.3, 0.4) is 0 Å². The van der Waals surface area contributed by atoms with Gasteiger partial charge in [-0.2, -0.15) is 0 Å². The number of phenolic OH excluding ortho intramolecular Hbond substituents is 1. The summed E-state index contributed by atoms with van der Waals surface area (Å²) in [5.74, 6) is 0.423. The standard InChI is InChI=1S/C21H27NO8/c1-10(6-12-4-5-14(13(23)7-12)28-8-11-2-3-11)21(27)22-15-16(24)18(26)20-19(17(15)25)29-9-30-20/h4-7,11,15-20,23-26H,2-3,8-9H2,1H3,(H,22,27)/b10-6+/t15-,16+,17-,18-,19+,20-/m1/s1. The van der Waals surface area contributed by atoms with E-state index >= 15 is 0 Å². The quantitative estimate of drug-likeness (QED) is 0.402. The number of carbonyl (C=O) groups excluding carboxylic acids is 1. The SMILES string of the molecule is C/C(=C\c1ccc(OCC2CC2)c(O)c1)C(=O)N[C@@H]1[C@H](O)[C@@H](O)[C@H]2OCO[C@H]2[C@@H]1O. The van der Waals surface area contributed by atoms with Crippen molar-refractivity contribution in [2.24, 2.45) is 5.92 Å². The number of aromatic hydroxyl groups is 1. The Hall–Kier alpha value is -2.17. The number of fused-ring (bicyclic) bond motifs is 1. The molecular weight excluding hydrogens is 394 g/mol. The molecule has 1 saturated heterocycles. The van der Waals surface area contributed by atoms with Crippen molar-refractivity contribution < 1.29 is 39.4 Å². The van der Waals surface area contributed by atoms with Gasteiger partial charge in [0.25, 0.3) is 0 Å². The van der Waals surface area contributed by atoms with Gasteiger partial charge in [-0.05, 0) is 49.5 Å². The van der Waals surface area contributed by atoms with E-state index in [1.807, 2.05) is 0 Å². The van der Waals surface area contributed by atoms with Gasteiger partial charge in [0.2, 0.25) is 5.91 Å². The van der Waals surface area contributed by atoms with Gasteiger partial charge in [-0.3, -0.25) is 4.79 Å². The maximum absolute atomic E-state index is 12.6. The van der Waals surface area contributed by atoms with E-state index in [1.165, 1.54) is 6.07 Å². The Kier molecular flexibility index (Phi) is 5.99. The molecule has 30 heavy (non-hydrogen) atoms. The molecule has 6 atom stereocenters. The number of benzene rings is 1. The third-order valence-corrected chi connectivity index (χ3v) is 5.80. The van der Waals surface area contributed by atoms with E-state index in [9.17, 15) is 25.2 Å². The van der Waals surface area contributed by atoms with Crippen molar-refractivity contribution in [1.29, 1.82) is 0 Å². The number of amides is 1. The molecule has 1 aromatic carbocycles. The number of aliphatic hydroxyl groups excluding tert-OH is 3. The smallest absolute Gasteiger partial charge is 0.247 e. The number of hydrogen-bond acceptors (Lipinski definition) is 8. The van der Waals surface area contributed by atoms with Gasteiger partial charge in [0, 0.05) is 5.57 Å².